The molecular weight excluding hydrogens is 420 g/mol. The molecule has 168 valence electrons. The summed E-state index contributed by atoms with van der Waals surface area (Å²) in [5, 5.41) is 22.3. The number of carbonyl (C=O) groups excluding carboxylic acids is 2. The van der Waals surface area contributed by atoms with E-state index in [1.54, 1.807) is 6.92 Å². The Hall–Kier alpha value is -2.05. The zero-order chi connectivity index (χ0) is 22.9. The van der Waals surface area contributed by atoms with Crippen molar-refractivity contribution in [1.82, 2.24) is 0 Å². The molecule has 0 amide bonds. The van der Waals surface area contributed by atoms with Gasteiger partial charge in [0.25, 0.3) is 0 Å². The van der Waals surface area contributed by atoms with E-state index < -0.39 is 23.1 Å². The van der Waals surface area contributed by atoms with Crippen LogP contribution in [0, 0.1) is 29.6 Å². The number of hydrogen-bond donors (Lipinski definition) is 2. The van der Waals surface area contributed by atoms with Crippen LogP contribution in [-0.4, -0.2) is 41.3 Å². The van der Waals surface area contributed by atoms with Gasteiger partial charge in [0.15, 0.2) is 0 Å². The minimum atomic E-state index is -1.55. The zero-order valence-corrected chi connectivity index (χ0v) is 19.2. The SMILES string of the molecule is COc1cc(O)c(C(=O)O[C@@H]2C[C@]3(C)[C@H]4CC(C)(C)C[C@H]4C=C(C=O)[C@]23O)c(C)c1Cl. The Kier molecular flexibility index (Phi) is 4.98. The Morgan fingerprint density at radius 3 is 2.55 bits per heavy atom. The number of carbonyl (C=O) groups is 2. The second kappa shape index (κ2) is 6.97. The predicted octanol–water partition coefficient (Wildman–Crippen LogP) is 4.22. The number of hydrogen-bond acceptors (Lipinski definition) is 6. The van der Waals surface area contributed by atoms with Crippen molar-refractivity contribution in [2.75, 3.05) is 7.11 Å². The van der Waals surface area contributed by atoms with Gasteiger partial charge in [-0.25, -0.2) is 4.79 Å². The van der Waals surface area contributed by atoms with Crippen molar-refractivity contribution in [1.29, 1.82) is 0 Å². The topological polar surface area (TPSA) is 93.1 Å². The Morgan fingerprint density at radius 2 is 1.94 bits per heavy atom. The maximum Gasteiger partial charge on any atom is 0.342 e. The van der Waals surface area contributed by atoms with Crippen LogP contribution in [0.4, 0.5) is 0 Å². The first-order chi connectivity index (χ1) is 14.4. The molecule has 1 aromatic rings. The van der Waals surface area contributed by atoms with Gasteiger partial charge in [-0.05, 0) is 49.0 Å². The van der Waals surface area contributed by atoms with Crippen molar-refractivity contribution < 1.29 is 29.3 Å². The second-order valence-corrected chi connectivity index (χ2v) is 10.7. The summed E-state index contributed by atoms with van der Waals surface area (Å²) >= 11 is 6.24. The van der Waals surface area contributed by atoms with E-state index in [1.807, 2.05) is 13.0 Å². The first kappa shape index (κ1) is 22.2. The number of methoxy groups -OCH3 is 1. The van der Waals surface area contributed by atoms with Crippen molar-refractivity contribution in [3.05, 3.63) is 33.9 Å². The van der Waals surface area contributed by atoms with Crippen molar-refractivity contribution in [2.45, 2.75) is 58.7 Å². The largest absolute Gasteiger partial charge is 0.507 e. The van der Waals surface area contributed by atoms with E-state index in [2.05, 4.69) is 13.8 Å². The Labute approximate surface area is 187 Å². The van der Waals surface area contributed by atoms with Gasteiger partial charge in [-0.2, -0.15) is 0 Å². The first-order valence-electron chi connectivity index (χ1n) is 10.6. The summed E-state index contributed by atoms with van der Waals surface area (Å²) in [5.41, 5.74) is -1.45. The standard InChI is InChI=1S/C24H29ClO6/c1-12-19(16(27)7-17(30-5)20(12)25)21(28)31-18-10-23(4)15-9-22(2,3)8-13(15)6-14(11-26)24(18,23)29/h6-7,11,13,15,18,27,29H,8-10H2,1-5H3/t13-,15+,18-,23-,24+/m1/s1. The zero-order valence-electron chi connectivity index (χ0n) is 18.5. The number of ether oxygens (including phenoxy) is 2. The molecule has 0 radical (unpaired) electrons. The van der Waals surface area contributed by atoms with E-state index in [0.29, 0.717) is 18.3 Å². The second-order valence-electron chi connectivity index (χ2n) is 10.3. The van der Waals surface area contributed by atoms with Crippen molar-refractivity contribution >= 4 is 23.9 Å². The summed E-state index contributed by atoms with van der Waals surface area (Å²) in [7, 11) is 1.41. The fourth-order valence-corrected chi connectivity index (χ4v) is 6.54. The van der Waals surface area contributed by atoms with Crippen LogP contribution in [0.2, 0.25) is 5.02 Å². The highest BCUT2D eigenvalue weighted by atomic mass is 35.5. The van der Waals surface area contributed by atoms with Crippen LogP contribution in [0.1, 0.15) is 56.0 Å². The quantitative estimate of drug-likeness (QED) is 0.529. The molecule has 3 aliphatic carbocycles. The molecular formula is C24H29ClO6. The molecule has 7 heteroatoms. The number of allylic oxidation sites excluding steroid dienone is 1. The number of benzene rings is 1. The monoisotopic (exact) mass is 448 g/mol. The molecule has 3 aliphatic rings. The smallest absolute Gasteiger partial charge is 0.342 e. The number of esters is 1. The highest BCUT2D eigenvalue weighted by molar-refractivity contribution is 6.33. The van der Waals surface area contributed by atoms with E-state index >= 15 is 0 Å². The van der Waals surface area contributed by atoms with Crippen LogP contribution in [0.15, 0.2) is 17.7 Å². The van der Waals surface area contributed by atoms with Crippen LogP contribution >= 0.6 is 11.6 Å². The summed E-state index contributed by atoms with van der Waals surface area (Å²) in [5.74, 6) is -0.429. The molecule has 2 fully saturated rings. The van der Waals surface area contributed by atoms with E-state index in [9.17, 15) is 19.8 Å². The lowest BCUT2D eigenvalue weighted by Crippen LogP contribution is -2.72. The Bertz CT molecular complexity index is 998. The van der Waals surface area contributed by atoms with Gasteiger partial charge in [-0.1, -0.05) is 38.4 Å². The number of fused-ring (bicyclic) bond motifs is 3. The van der Waals surface area contributed by atoms with Gasteiger partial charge in [-0.3, -0.25) is 4.79 Å². The third-order valence-corrected chi connectivity index (χ3v) is 8.39. The highest BCUT2D eigenvalue weighted by Gasteiger charge is 2.72. The summed E-state index contributed by atoms with van der Waals surface area (Å²) in [4.78, 5) is 24.9. The van der Waals surface area contributed by atoms with Crippen LogP contribution in [0.25, 0.3) is 0 Å². The van der Waals surface area contributed by atoms with Gasteiger partial charge >= 0.3 is 5.97 Å². The number of aliphatic hydroxyl groups is 1. The number of rotatable bonds is 4. The highest BCUT2D eigenvalue weighted by Crippen LogP contribution is 2.68. The molecule has 0 heterocycles. The van der Waals surface area contributed by atoms with Crippen LogP contribution in [0.3, 0.4) is 0 Å². The molecule has 0 spiro atoms. The van der Waals surface area contributed by atoms with E-state index in [4.69, 9.17) is 21.1 Å². The van der Waals surface area contributed by atoms with Crippen LogP contribution in [0.5, 0.6) is 11.5 Å². The number of aldehydes is 1. The van der Waals surface area contributed by atoms with Gasteiger partial charge < -0.3 is 19.7 Å². The molecule has 0 aromatic heterocycles. The number of halogens is 1. The molecule has 5 atom stereocenters. The maximum absolute atomic E-state index is 13.0. The molecule has 6 nitrogen and oxygen atoms in total. The summed E-state index contributed by atoms with van der Waals surface area (Å²) < 4.78 is 10.8. The lowest BCUT2D eigenvalue weighted by atomic mass is 9.44. The molecule has 0 unspecified atom stereocenters. The molecule has 4 rings (SSSR count). The fourth-order valence-electron chi connectivity index (χ4n) is 6.31. The number of phenolic OH excluding ortho intramolecular Hbond substituents is 1. The van der Waals surface area contributed by atoms with E-state index in [1.165, 1.54) is 13.2 Å². The lowest BCUT2D eigenvalue weighted by molar-refractivity contribution is -0.246. The molecule has 31 heavy (non-hydrogen) atoms. The van der Waals surface area contributed by atoms with Gasteiger partial charge in [0.1, 0.15) is 35.1 Å². The number of phenols is 1. The Morgan fingerprint density at radius 1 is 1.26 bits per heavy atom. The summed E-state index contributed by atoms with van der Waals surface area (Å²) in [6.45, 7) is 7.98. The van der Waals surface area contributed by atoms with Gasteiger partial charge in [0, 0.05) is 17.1 Å². The Balaban J connectivity index is 1.66. The van der Waals surface area contributed by atoms with Gasteiger partial charge in [0.05, 0.1) is 12.1 Å². The van der Waals surface area contributed by atoms with Crippen LogP contribution in [-0.2, 0) is 9.53 Å². The molecule has 2 saturated carbocycles. The minimum absolute atomic E-state index is 0.0738. The molecule has 0 saturated heterocycles. The van der Waals surface area contributed by atoms with E-state index in [0.717, 1.165) is 12.8 Å². The summed E-state index contributed by atoms with van der Waals surface area (Å²) in [6, 6.07) is 1.26. The molecule has 2 N–H and O–H groups in total. The molecule has 0 bridgehead atoms. The minimum Gasteiger partial charge on any atom is -0.507 e. The van der Waals surface area contributed by atoms with E-state index in [-0.39, 0.29) is 44.9 Å². The lowest BCUT2D eigenvalue weighted by Gasteiger charge is -2.64. The van der Waals surface area contributed by atoms with Gasteiger partial charge in [0.2, 0.25) is 0 Å². The fraction of sp³-hybridized carbons (Fsp3) is 0.583. The molecule has 1 aromatic carbocycles. The number of aromatic hydroxyl groups is 1. The normalized spacial score (nSPS) is 35.3. The maximum atomic E-state index is 13.0. The van der Waals surface area contributed by atoms with Crippen molar-refractivity contribution in [3.63, 3.8) is 0 Å². The third kappa shape index (κ3) is 2.94. The average molecular weight is 449 g/mol. The summed E-state index contributed by atoms with van der Waals surface area (Å²) in [6.07, 6.45) is 4.02. The average Bonchev–Trinajstić information content (AvgIpc) is 3.01. The van der Waals surface area contributed by atoms with Crippen LogP contribution < -0.4 is 4.74 Å². The predicted molar refractivity (Wildman–Crippen MR) is 115 cm³/mol. The third-order valence-electron chi connectivity index (χ3n) is 7.92. The van der Waals surface area contributed by atoms with Gasteiger partial charge in [-0.15, -0.1) is 0 Å². The van der Waals surface area contributed by atoms with Crippen molar-refractivity contribution in [3.8, 4) is 11.5 Å². The first-order valence-corrected chi connectivity index (χ1v) is 10.9. The van der Waals surface area contributed by atoms with Crippen molar-refractivity contribution in [2.24, 2.45) is 22.7 Å². The molecule has 0 aliphatic heterocycles.